The van der Waals surface area contributed by atoms with Crippen molar-refractivity contribution in [1.82, 2.24) is 14.8 Å². The zero-order valence-corrected chi connectivity index (χ0v) is 24.2. The first-order valence-corrected chi connectivity index (χ1v) is 14.0. The van der Waals surface area contributed by atoms with Gasteiger partial charge in [0.05, 0.1) is 37.8 Å². The van der Waals surface area contributed by atoms with E-state index in [0.29, 0.717) is 24.2 Å². The number of carbonyl (C=O) groups excluding carboxylic acids is 4. The Morgan fingerprint density at radius 3 is 2.52 bits per heavy atom. The molecule has 0 bridgehead atoms. The summed E-state index contributed by atoms with van der Waals surface area (Å²) >= 11 is 0. The van der Waals surface area contributed by atoms with Gasteiger partial charge in [-0.1, -0.05) is 18.2 Å². The van der Waals surface area contributed by atoms with Gasteiger partial charge in [-0.2, -0.15) is 0 Å². The molecule has 2 N–H and O–H groups in total. The standard InChI is InChI=1S/C31H36N4O7/c1-31(2,3)42-30(39)34-17-24-26(18-34)41-25(15-27(36)33-21-11-9-19(10-12-21)29(38)40-4)28(37)35(24)14-13-20-16-32-23-8-6-5-7-22(20)23/h5-12,16,24-26,32H,13-15,17-18H2,1-4H3,(H,33,36). The molecule has 1 aromatic heterocycles. The second kappa shape index (κ2) is 11.8. The summed E-state index contributed by atoms with van der Waals surface area (Å²) in [5.74, 6) is -1.18. The third kappa shape index (κ3) is 6.41. The maximum Gasteiger partial charge on any atom is 0.410 e. The van der Waals surface area contributed by atoms with Crippen LogP contribution in [0.25, 0.3) is 10.9 Å². The van der Waals surface area contributed by atoms with Gasteiger partial charge in [0.2, 0.25) is 5.91 Å². The number of hydrogen-bond acceptors (Lipinski definition) is 7. The lowest BCUT2D eigenvalue weighted by Crippen LogP contribution is -2.59. The topological polar surface area (TPSA) is 130 Å². The number of benzene rings is 2. The van der Waals surface area contributed by atoms with Crippen molar-refractivity contribution < 1.29 is 33.4 Å². The van der Waals surface area contributed by atoms with Gasteiger partial charge in [0.25, 0.3) is 5.91 Å². The van der Waals surface area contributed by atoms with Crippen LogP contribution in [0.5, 0.6) is 0 Å². The number of anilines is 1. The van der Waals surface area contributed by atoms with Crippen molar-refractivity contribution in [3.8, 4) is 0 Å². The third-order valence-electron chi connectivity index (χ3n) is 7.44. The number of morpholine rings is 1. The number of nitrogens with one attached hydrogen (secondary N) is 2. The largest absolute Gasteiger partial charge is 0.465 e. The number of esters is 1. The number of methoxy groups -OCH3 is 1. The molecule has 0 aliphatic carbocycles. The first-order chi connectivity index (χ1) is 20.0. The predicted octanol–water partition coefficient (Wildman–Crippen LogP) is 3.74. The van der Waals surface area contributed by atoms with Gasteiger partial charge in [-0.3, -0.25) is 9.59 Å². The number of rotatable bonds is 7. The lowest BCUT2D eigenvalue weighted by Gasteiger charge is -2.40. The summed E-state index contributed by atoms with van der Waals surface area (Å²) in [6, 6.07) is 13.9. The van der Waals surface area contributed by atoms with Crippen molar-refractivity contribution >= 4 is 40.5 Å². The predicted molar refractivity (Wildman–Crippen MR) is 155 cm³/mol. The smallest absolute Gasteiger partial charge is 0.410 e. The maximum atomic E-state index is 13.8. The Balaban J connectivity index is 1.31. The number of H-pyrrole nitrogens is 1. The summed E-state index contributed by atoms with van der Waals surface area (Å²) in [5.41, 5.74) is 2.26. The number of hydrogen-bond donors (Lipinski definition) is 2. The van der Waals surface area contributed by atoms with Gasteiger partial charge in [0, 0.05) is 35.9 Å². The molecule has 3 heterocycles. The van der Waals surface area contributed by atoms with E-state index in [9.17, 15) is 19.2 Å². The Morgan fingerprint density at radius 2 is 1.81 bits per heavy atom. The van der Waals surface area contributed by atoms with Crippen LogP contribution in [-0.2, 0) is 30.2 Å². The number of ether oxygens (including phenoxy) is 3. The lowest BCUT2D eigenvalue weighted by molar-refractivity contribution is -0.168. The molecule has 222 valence electrons. The Bertz CT molecular complexity index is 1480. The minimum atomic E-state index is -1.01. The van der Waals surface area contributed by atoms with Crippen molar-refractivity contribution in [3.63, 3.8) is 0 Å². The van der Waals surface area contributed by atoms with Crippen molar-refractivity contribution in [1.29, 1.82) is 0 Å². The molecule has 2 saturated heterocycles. The molecule has 2 fully saturated rings. The van der Waals surface area contributed by atoms with E-state index in [2.05, 4.69) is 10.3 Å². The third-order valence-corrected chi connectivity index (χ3v) is 7.44. The SMILES string of the molecule is COC(=O)c1ccc(NC(=O)CC2OC3CN(C(=O)OC(C)(C)C)CC3N(CCc3c[nH]c4ccccc34)C2=O)cc1. The Morgan fingerprint density at radius 1 is 1.07 bits per heavy atom. The number of aromatic nitrogens is 1. The van der Waals surface area contributed by atoms with E-state index in [1.165, 1.54) is 7.11 Å². The van der Waals surface area contributed by atoms with Crippen LogP contribution in [0.2, 0.25) is 0 Å². The molecule has 0 saturated carbocycles. The highest BCUT2D eigenvalue weighted by Crippen LogP contribution is 2.30. The molecular formula is C31H36N4O7. The lowest BCUT2D eigenvalue weighted by atomic mass is 10.0. The number of carbonyl (C=O) groups is 4. The molecule has 0 spiro atoms. The number of nitrogens with zero attached hydrogens (tertiary/aromatic N) is 2. The highest BCUT2D eigenvalue weighted by molar-refractivity contribution is 5.96. The molecule has 2 aliphatic heterocycles. The van der Waals surface area contributed by atoms with Gasteiger partial charge in [-0.15, -0.1) is 0 Å². The van der Waals surface area contributed by atoms with E-state index in [1.54, 1.807) is 54.8 Å². The van der Waals surface area contributed by atoms with Gasteiger partial charge in [-0.05, 0) is 63.1 Å². The Kier molecular flexibility index (Phi) is 8.22. The average molecular weight is 577 g/mol. The minimum absolute atomic E-state index is 0.198. The zero-order valence-electron chi connectivity index (χ0n) is 24.2. The fourth-order valence-corrected chi connectivity index (χ4v) is 5.46. The average Bonchev–Trinajstić information content (AvgIpc) is 3.56. The summed E-state index contributed by atoms with van der Waals surface area (Å²) in [6.45, 7) is 6.35. The first-order valence-electron chi connectivity index (χ1n) is 14.0. The van der Waals surface area contributed by atoms with Crippen LogP contribution in [0, 0.1) is 0 Å². The van der Waals surface area contributed by atoms with Gasteiger partial charge < -0.3 is 34.3 Å². The van der Waals surface area contributed by atoms with Crippen molar-refractivity contribution in [2.45, 2.75) is 57.5 Å². The molecule has 3 amide bonds. The van der Waals surface area contributed by atoms with Crippen molar-refractivity contribution in [3.05, 3.63) is 65.9 Å². The number of fused-ring (bicyclic) bond motifs is 2. The van der Waals surface area contributed by atoms with Crippen LogP contribution >= 0.6 is 0 Å². The highest BCUT2D eigenvalue weighted by Gasteiger charge is 2.49. The number of para-hydroxylation sites is 1. The van der Waals surface area contributed by atoms with Gasteiger partial charge >= 0.3 is 12.1 Å². The van der Waals surface area contributed by atoms with E-state index in [0.717, 1.165) is 16.5 Å². The van der Waals surface area contributed by atoms with Gasteiger partial charge in [-0.25, -0.2) is 9.59 Å². The summed E-state index contributed by atoms with van der Waals surface area (Å²) in [7, 11) is 1.30. The van der Waals surface area contributed by atoms with Gasteiger partial charge in [0.15, 0.2) is 0 Å². The molecule has 3 atom stereocenters. The summed E-state index contributed by atoms with van der Waals surface area (Å²) in [4.78, 5) is 57.9. The second-order valence-electron chi connectivity index (χ2n) is 11.6. The Hall–Kier alpha value is -4.38. The maximum absolute atomic E-state index is 13.8. The molecule has 3 aromatic rings. The zero-order chi connectivity index (χ0) is 30.0. The molecule has 0 radical (unpaired) electrons. The van der Waals surface area contributed by atoms with Crippen molar-refractivity contribution in [2.24, 2.45) is 0 Å². The normalized spacial score (nSPS) is 20.4. The molecule has 11 nitrogen and oxygen atoms in total. The van der Waals surface area contributed by atoms with Crippen LogP contribution in [0.4, 0.5) is 10.5 Å². The van der Waals surface area contributed by atoms with Crippen LogP contribution < -0.4 is 5.32 Å². The minimum Gasteiger partial charge on any atom is -0.465 e. The quantitative estimate of drug-likeness (QED) is 0.410. The summed E-state index contributed by atoms with van der Waals surface area (Å²) < 4.78 is 16.5. The molecule has 2 aliphatic rings. The molecule has 42 heavy (non-hydrogen) atoms. The van der Waals surface area contributed by atoms with E-state index in [-0.39, 0.29) is 31.5 Å². The molecule has 3 unspecified atom stereocenters. The van der Waals surface area contributed by atoms with Crippen LogP contribution in [0.1, 0.15) is 43.1 Å². The number of likely N-dealkylation sites (tertiary alicyclic amines) is 1. The molecular weight excluding hydrogens is 540 g/mol. The fraction of sp³-hybridized carbons (Fsp3) is 0.419. The summed E-state index contributed by atoms with van der Waals surface area (Å²) in [6.07, 6.45) is 0.408. The van der Waals surface area contributed by atoms with Crippen molar-refractivity contribution in [2.75, 3.05) is 32.1 Å². The molecule has 2 aromatic carbocycles. The van der Waals surface area contributed by atoms with E-state index in [1.807, 2.05) is 30.5 Å². The summed E-state index contributed by atoms with van der Waals surface area (Å²) in [5, 5.41) is 3.85. The fourth-order valence-electron chi connectivity index (χ4n) is 5.46. The Labute approximate surface area is 244 Å². The van der Waals surface area contributed by atoms with Gasteiger partial charge in [0.1, 0.15) is 11.7 Å². The molecule has 5 rings (SSSR count). The van der Waals surface area contributed by atoms with E-state index < -0.39 is 35.8 Å². The van der Waals surface area contributed by atoms with E-state index >= 15 is 0 Å². The van der Waals surface area contributed by atoms with Crippen LogP contribution in [-0.4, -0.2) is 89.3 Å². The molecule has 11 heteroatoms. The van der Waals surface area contributed by atoms with E-state index in [4.69, 9.17) is 14.2 Å². The second-order valence-corrected chi connectivity index (χ2v) is 11.6. The number of amides is 3. The first kappa shape index (κ1) is 29.1. The van der Waals surface area contributed by atoms with Crippen LogP contribution in [0.15, 0.2) is 54.7 Å². The highest BCUT2D eigenvalue weighted by atomic mass is 16.6. The number of aromatic amines is 1. The monoisotopic (exact) mass is 576 g/mol. The van der Waals surface area contributed by atoms with Crippen LogP contribution in [0.3, 0.4) is 0 Å².